The first kappa shape index (κ1) is 13.2. The van der Waals surface area contributed by atoms with Gasteiger partial charge in [0.1, 0.15) is 36.1 Å². The second kappa shape index (κ2) is 4.36. The fourth-order valence-electron chi connectivity index (χ4n) is 2.43. The molecule has 2 aromatic heterocycles. The van der Waals surface area contributed by atoms with Gasteiger partial charge in [-0.25, -0.2) is 9.97 Å². The fraction of sp³-hybridized carbons (Fsp3) is 0.455. The van der Waals surface area contributed by atoms with Crippen LogP contribution in [0.2, 0.25) is 0 Å². The summed E-state index contributed by atoms with van der Waals surface area (Å²) in [4.78, 5) is 7.91. The summed E-state index contributed by atoms with van der Waals surface area (Å²) in [6, 6.07) is 1.63. The standard InChI is InChI=1S/C11H15N5O4/c12-9-5-1-2-16(10(5)15-4-14-9)11(13)8(19)7(18)6(3-17)20-11/h1-2,4,6-8,17-19H,3,13H2,(H2,12,14,15)/t6-,7-,8-,11+/m1/s1. The Kier molecular flexibility index (Phi) is 2.88. The number of anilines is 1. The molecule has 0 bridgehead atoms. The summed E-state index contributed by atoms with van der Waals surface area (Å²) in [6.45, 7) is -0.465. The predicted molar refractivity (Wildman–Crippen MR) is 68.1 cm³/mol. The Bertz CT molecular complexity index is 647. The lowest BCUT2D eigenvalue weighted by atomic mass is 10.1. The van der Waals surface area contributed by atoms with E-state index >= 15 is 0 Å². The minimum Gasteiger partial charge on any atom is -0.394 e. The van der Waals surface area contributed by atoms with Crippen molar-refractivity contribution in [3.8, 4) is 0 Å². The molecule has 0 spiro atoms. The topological polar surface area (TPSA) is 153 Å². The van der Waals surface area contributed by atoms with Crippen LogP contribution >= 0.6 is 0 Å². The molecule has 1 aliphatic rings. The van der Waals surface area contributed by atoms with Gasteiger partial charge >= 0.3 is 0 Å². The Balaban J connectivity index is 2.13. The Morgan fingerprint density at radius 1 is 1.40 bits per heavy atom. The summed E-state index contributed by atoms with van der Waals surface area (Å²) in [5, 5.41) is 29.6. The van der Waals surface area contributed by atoms with Crippen LogP contribution in [0.15, 0.2) is 18.6 Å². The SMILES string of the molecule is Nc1ncnc2c1ccn2[C@]1(N)O[C@H](CO)[C@@H](O)[C@H]1O. The van der Waals surface area contributed by atoms with E-state index in [-0.39, 0.29) is 5.82 Å². The Hall–Kier alpha value is -1.78. The highest BCUT2D eigenvalue weighted by atomic mass is 16.6. The molecule has 0 amide bonds. The first-order valence-electron chi connectivity index (χ1n) is 6.00. The number of hydrogen-bond acceptors (Lipinski definition) is 8. The summed E-state index contributed by atoms with van der Waals surface area (Å²) < 4.78 is 6.77. The van der Waals surface area contributed by atoms with Gasteiger partial charge in [-0.3, -0.25) is 10.3 Å². The van der Waals surface area contributed by atoms with Crippen molar-refractivity contribution in [2.45, 2.75) is 24.2 Å². The molecular weight excluding hydrogens is 266 g/mol. The summed E-state index contributed by atoms with van der Waals surface area (Å²) in [7, 11) is 0. The van der Waals surface area contributed by atoms with Gasteiger partial charge in [-0.05, 0) is 6.07 Å². The molecule has 2 aromatic rings. The van der Waals surface area contributed by atoms with Gasteiger partial charge in [0.15, 0.2) is 0 Å². The second-order valence-electron chi connectivity index (χ2n) is 4.71. The zero-order valence-corrected chi connectivity index (χ0v) is 10.4. The van der Waals surface area contributed by atoms with Crippen molar-refractivity contribution in [2.24, 2.45) is 5.73 Å². The number of aromatic nitrogens is 3. The van der Waals surface area contributed by atoms with Crippen molar-refractivity contribution >= 4 is 16.9 Å². The van der Waals surface area contributed by atoms with Crippen LogP contribution in [0.1, 0.15) is 0 Å². The van der Waals surface area contributed by atoms with Gasteiger partial charge in [0, 0.05) is 6.20 Å². The first-order chi connectivity index (χ1) is 9.49. The van der Waals surface area contributed by atoms with Gasteiger partial charge in [-0.15, -0.1) is 0 Å². The van der Waals surface area contributed by atoms with Gasteiger partial charge < -0.3 is 25.8 Å². The van der Waals surface area contributed by atoms with Crippen molar-refractivity contribution in [1.29, 1.82) is 0 Å². The normalized spacial score (nSPS) is 33.9. The largest absolute Gasteiger partial charge is 0.394 e. The van der Waals surface area contributed by atoms with Crippen LogP contribution in [0.4, 0.5) is 5.82 Å². The summed E-state index contributed by atoms with van der Waals surface area (Å²) in [6.07, 6.45) is -0.913. The van der Waals surface area contributed by atoms with E-state index in [9.17, 15) is 10.2 Å². The summed E-state index contributed by atoms with van der Waals surface area (Å²) in [5.74, 6) is -1.47. The average molecular weight is 281 g/mol. The van der Waals surface area contributed by atoms with Crippen LogP contribution in [0.25, 0.3) is 11.0 Å². The Labute approximate surface area is 113 Å². The first-order valence-corrected chi connectivity index (χ1v) is 6.00. The van der Waals surface area contributed by atoms with Crippen molar-refractivity contribution in [3.05, 3.63) is 18.6 Å². The fourth-order valence-corrected chi connectivity index (χ4v) is 2.43. The van der Waals surface area contributed by atoms with E-state index in [0.717, 1.165) is 0 Å². The van der Waals surface area contributed by atoms with Gasteiger partial charge in [0.2, 0.25) is 5.85 Å². The Morgan fingerprint density at radius 3 is 2.80 bits per heavy atom. The van der Waals surface area contributed by atoms with E-state index in [0.29, 0.717) is 11.0 Å². The molecule has 4 atom stereocenters. The number of nitrogen functional groups attached to an aromatic ring is 1. The van der Waals surface area contributed by atoms with Crippen LogP contribution in [0, 0.1) is 0 Å². The molecular formula is C11H15N5O4. The molecule has 1 fully saturated rings. The van der Waals surface area contributed by atoms with E-state index in [1.54, 1.807) is 6.07 Å². The monoisotopic (exact) mass is 281 g/mol. The number of nitrogens with zero attached hydrogens (tertiary/aromatic N) is 3. The van der Waals surface area contributed by atoms with E-state index in [4.69, 9.17) is 21.3 Å². The van der Waals surface area contributed by atoms with Crippen LogP contribution in [0.5, 0.6) is 0 Å². The maximum Gasteiger partial charge on any atom is 0.230 e. The van der Waals surface area contributed by atoms with Gasteiger partial charge in [-0.2, -0.15) is 0 Å². The third kappa shape index (κ3) is 1.62. The lowest BCUT2D eigenvalue weighted by Crippen LogP contribution is -2.52. The molecule has 20 heavy (non-hydrogen) atoms. The summed E-state index contributed by atoms with van der Waals surface area (Å²) in [5.41, 5.74) is 12.2. The molecule has 0 aromatic carbocycles. The van der Waals surface area contributed by atoms with E-state index < -0.39 is 30.8 Å². The number of fused-ring (bicyclic) bond motifs is 1. The highest BCUT2D eigenvalue weighted by Gasteiger charge is 2.53. The third-order valence-electron chi connectivity index (χ3n) is 3.54. The molecule has 3 rings (SSSR count). The second-order valence-corrected chi connectivity index (χ2v) is 4.71. The van der Waals surface area contributed by atoms with Crippen LogP contribution in [0.3, 0.4) is 0 Å². The van der Waals surface area contributed by atoms with Crippen LogP contribution < -0.4 is 11.5 Å². The number of aliphatic hydroxyl groups is 3. The molecule has 3 heterocycles. The minimum atomic E-state index is -1.74. The molecule has 0 unspecified atom stereocenters. The van der Waals surface area contributed by atoms with Crippen molar-refractivity contribution in [1.82, 2.24) is 14.5 Å². The number of ether oxygens (including phenoxy) is 1. The van der Waals surface area contributed by atoms with Crippen molar-refractivity contribution in [2.75, 3.05) is 12.3 Å². The van der Waals surface area contributed by atoms with Gasteiger partial charge in [-0.1, -0.05) is 0 Å². The highest BCUT2D eigenvalue weighted by molar-refractivity contribution is 5.86. The molecule has 1 saturated heterocycles. The molecule has 9 nitrogen and oxygen atoms in total. The lowest BCUT2D eigenvalue weighted by molar-refractivity contribution is -0.141. The number of aliphatic hydroxyl groups excluding tert-OH is 3. The zero-order chi connectivity index (χ0) is 14.5. The maximum absolute atomic E-state index is 10.1. The van der Waals surface area contributed by atoms with Crippen molar-refractivity contribution < 1.29 is 20.1 Å². The average Bonchev–Trinajstić information content (AvgIpc) is 2.96. The molecule has 108 valence electrons. The number of nitrogens with two attached hydrogens (primary N) is 2. The molecule has 0 aliphatic carbocycles. The van der Waals surface area contributed by atoms with E-state index in [2.05, 4.69) is 9.97 Å². The smallest absolute Gasteiger partial charge is 0.230 e. The summed E-state index contributed by atoms with van der Waals surface area (Å²) >= 11 is 0. The lowest BCUT2D eigenvalue weighted by Gasteiger charge is -2.29. The highest BCUT2D eigenvalue weighted by Crippen LogP contribution is 2.34. The molecule has 9 heteroatoms. The maximum atomic E-state index is 10.1. The van der Waals surface area contributed by atoms with Crippen molar-refractivity contribution in [3.63, 3.8) is 0 Å². The molecule has 7 N–H and O–H groups in total. The molecule has 0 saturated carbocycles. The zero-order valence-electron chi connectivity index (χ0n) is 10.4. The third-order valence-corrected chi connectivity index (χ3v) is 3.54. The molecule has 1 aliphatic heterocycles. The Morgan fingerprint density at radius 2 is 2.15 bits per heavy atom. The van der Waals surface area contributed by atoms with Crippen LogP contribution in [-0.2, 0) is 10.6 Å². The quantitative estimate of drug-likeness (QED) is 0.412. The van der Waals surface area contributed by atoms with Crippen LogP contribution in [-0.4, -0.2) is 54.8 Å². The number of hydrogen-bond donors (Lipinski definition) is 5. The van der Waals surface area contributed by atoms with Gasteiger partial charge in [0.05, 0.1) is 12.0 Å². The van der Waals surface area contributed by atoms with Gasteiger partial charge in [0.25, 0.3) is 0 Å². The minimum absolute atomic E-state index is 0.268. The number of rotatable bonds is 2. The van der Waals surface area contributed by atoms with E-state index in [1.807, 2.05) is 0 Å². The van der Waals surface area contributed by atoms with E-state index in [1.165, 1.54) is 17.1 Å². The predicted octanol–water partition coefficient (Wildman–Crippen LogP) is -2.30. The molecule has 0 radical (unpaired) electrons.